The fourth-order valence-corrected chi connectivity index (χ4v) is 2.72. The largest absolute Gasteiger partial charge is 0.492 e. The number of hydrogen-bond donors (Lipinski definition) is 1. The van der Waals surface area contributed by atoms with E-state index in [1.165, 1.54) is 25.1 Å². The van der Waals surface area contributed by atoms with E-state index in [0.29, 0.717) is 5.41 Å². The maximum absolute atomic E-state index is 5.89. The zero-order valence-electron chi connectivity index (χ0n) is 13.1. The molecule has 0 saturated carbocycles. The van der Waals surface area contributed by atoms with Gasteiger partial charge in [0.1, 0.15) is 12.4 Å². The zero-order valence-corrected chi connectivity index (χ0v) is 13.1. The predicted molar refractivity (Wildman–Crippen MR) is 84.2 cm³/mol. The van der Waals surface area contributed by atoms with E-state index in [1.54, 1.807) is 0 Å². The van der Waals surface area contributed by atoms with E-state index in [4.69, 9.17) is 4.74 Å². The van der Waals surface area contributed by atoms with Crippen LogP contribution in [0.4, 0.5) is 0 Å². The molecule has 1 aromatic rings. The van der Waals surface area contributed by atoms with Crippen LogP contribution in [0.1, 0.15) is 32.8 Å². The SMILES string of the molecule is CCNCc1cccc(OCCN2CCC(C)(C)C2)c1. The number of ether oxygens (including phenoxy) is 1. The van der Waals surface area contributed by atoms with Gasteiger partial charge in [0.15, 0.2) is 0 Å². The van der Waals surface area contributed by atoms with Crippen LogP contribution in [0, 0.1) is 5.41 Å². The lowest BCUT2D eigenvalue weighted by atomic mass is 9.93. The Labute approximate surface area is 123 Å². The normalized spacial score (nSPS) is 18.4. The Morgan fingerprint density at radius 1 is 1.35 bits per heavy atom. The second kappa shape index (κ2) is 7.09. The average molecular weight is 276 g/mol. The molecule has 3 nitrogen and oxygen atoms in total. The minimum Gasteiger partial charge on any atom is -0.492 e. The van der Waals surface area contributed by atoms with Crippen LogP contribution in [0.25, 0.3) is 0 Å². The van der Waals surface area contributed by atoms with Gasteiger partial charge in [-0.2, -0.15) is 0 Å². The quantitative estimate of drug-likeness (QED) is 0.829. The third-order valence-corrected chi connectivity index (χ3v) is 3.91. The molecule has 1 aliphatic rings. The lowest BCUT2D eigenvalue weighted by Crippen LogP contribution is -2.27. The number of nitrogens with zero attached hydrogens (tertiary/aromatic N) is 1. The summed E-state index contributed by atoms with van der Waals surface area (Å²) in [6.45, 7) is 12.9. The van der Waals surface area contributed by atoms with Gasteiger partial charge in [0.05, 0.1) is 0 Å². The molecule has 0 atom stereocenters. The number of rotatable bonds is 7. The van der Waals surface area contributed by atoms with E-state index in [2.05, 4.69) is 49.2 Å². The lowest BCUT2D eigenvalue weighted by Gasteiger charge is -2.19. The third-order valence-electron chi connectivity index (χ3n) is 3.91. The first-order valence-corrected chi connectivity index (χ1v) is 7.74. The van der Waals surface area contributed by atoms with Crippen LogP contribution >= 0.6 is 0 Å². The molecule has 1 aromatic carbocycles. The highest BCUT2D eigenvalue weighted by Crippen LogP contribution is 2.28. The summed E-state index contributed by atoms with van der Waals surface area (Å²) in [4.78, 5) is 2.50. The Balaban J connectivity index is 1.74. The standard InChI is InChI=1S/C17H28N2O/c1-4-18-13-15-6-5-7-16(12-15)20-11-10-19-9-8-17(2,3)14-19/h5-7,12,18H,4,8-11,13-14H2,1-3H3. The molecule has 0 unspecified atom stereocenters. The van der Waals surface area contributed by atoms with Gasteiger partial charge < -0.3 is 10.1 Å². The maximum atomic E-state index is 5.89. The van der Waals surface area contributed by atoms with Crippen molar-refractivity contribution in [3.05, 3.63) is 29.8 Å². The van der Waals surface area contributed by atoms with Crippen molar-refractivity contribution in [1.82, 2.24) is 10.2 Å². The van der Waals surface area contributed by atoms with Crippen molar-refractivity contribution >= 4 is 0 Å². The van der Waals surface area contributed by atoms with Gasteiger partial charge in [-0.1, -0.05) is 32.9 Å². The average Bonchev–Trinajstić information content (AvgIpc) is 2.76. The second-order valence-corrected chi connectivity index (χ2v) is 6.47. The van der Waals surface area contributed by atoms with E-state index in [1.807, 2.05) is 6.07 Å². The minimum atomic E-state index is 0.478. The molecule has 112 valence electrons. The number of nitrogens with one attached hydrogen (secondary N) is 1. The predicted octanol–water partition coefficient (Wildman–Crippen LogP) is 2.91. The van der Waals surface area contributed by atoms with E-state index in [9.17, 15) is 0 Å². The topological polar surface area (TPSA) is 24.5 Å². The van der Waals surface area contributed by atoms with Crippen LogP contribution in [0.15, 0.2) is 24.3 Å². The summed E-state index contributed by atoms with van der Waals surface area (Å²) >= 11 is 0. The fourth-order valence-electron chi connectivity index (χ4n) is 2.72. The van der Waals surface area contributed by atoms with Gasteiger partial charge in [-0.15, -0.1) is 0 Å². The molecule has 1 fully saturated rings. The highest BCUT2D eigenvalue weighted by atomic mass is 16.5. The molecule has 3 heteroatoms. The highest BCUT2D eigenvalue weighted by Gasteiger charge is 2.28. The molecule has 0 bridgehead atoms. The van der Waals surface area contributed by atoms with Gasteiger partial charge in [-0.25, -0.2) is 0 Å². The summed E-state index contributed by atoms with van der Waals surface area (Å²) in [5.74, 6) is 0.985. The molecule has 0 aliphatic carbocycles. The molecule has 2 rings (SSSR count). The van der Waals surface area contributed by atoms with Crippen molar-refractivity contribution in [3.8, 4) is 5.75 Å². The van der Waals surface area contributed by atoms with Gasteiger partial charge in [0.25, 0.3) is 0 Å². The van der Waals surface area contributed by atoms with Crippen LogP contribution in [-0.2, 0) is 6.54 Å². The van der Waals surface area contributed by atoms with Crippen molar-refractivity contribution in [3.63, 3.8) is 0 Å². The van der Waals surface area contributed by atoms with Gasteiger partial charge >= 0.3 is 0 Å². The molecule has 0 amide bonds. The molecular formula is C17H28N2O. The molecule has 0 spiro atoms. The maximum Gasteiger partial charge on any atom is 0.119 e. The van der Waals surface area contributed by atoms with Crippen LogP contribution in [-0.4, -0.2) is 37.7 Å². The van der Waals surface area contributed by atoms with Gasteiger partial charge in [-0.05, 0) is 42.6 Å². The number of hydrogen-bond acceptors (Lipinski definition) is 3. The Morgan fingerprint density at radius 3 is 2.90 bits per heavy atom. The van der Waals surface area contributed by atoms with E-state index >= 15 is 0 Å². The lowest BCUT2D eigenvalue weighted by molar-refractivity contribution is 0.222. The van der Waals surface area contributed by atoms with Crippen molar-refractivity contribution in [2.45, 2.75) is 33.7 Å². The summed E-state index contributed by atoms with van der Waals surface area (Å²) in [6.07, 6.45) is 1.30. The Hall–Kier alpha value is -1.06. The monoisotopic (exact) mass is 276 g/mol. The third kappa shape index (κ3) is 4.80. The zero-order chi connectivity index (χ0) is 14.4. The fraction of sp³-hybridized carbons (Fsp3) is 0.647. The molecule has 1 saturated heterocycles. The van der Waals surface area contributed by atoms with Crippen LogP contribution in [0.5, 0.6) is 5.75 Å². The summed E-state index contributed by atoms with van der Waals surface area (Å²) in [5.41, 5.74) is 1.76. The van der Waals surface area contributed by atoms with Gasteiger partial charge in [0, 0.05) is 19.6 Å². The first-order valence-electron chi connectivity index (χ1n) is 7.74. The van der Waals surface area contributed by atoms with Crippen LogP contribution < -0.4 is 10.1 Å². The summed E-state index contributed by atoms with van der Waals surface area (Å²) in [5, 5.41) is 3.34. The van der Waals surface area contributed by atoms with Crippen molar-refractivity contribution < 1.29 is 4.74 Å². The first-order chi connectivity index (χ1) is 9.59. The highest BCUT2D eigenvalue weighted by molar-refractivity contribution is 5.28. The van der Waals surface area contributed by atoms with E-state index in [0.717, 1.165) is 32.0 Å². The molecular weight excluding hydrogens is 248 g/mol. The molecule has 1 heterocycles. The first kappa shape index (κ1) is 15.3. The second-order valence-electron chi connectivity index (χ2n) is 6.47. The molecule has 1 aliphatic heterocycles. The molecule has 1 N–H and O–H groups in total. The van der Waals surface area contributed by atoms with E-state index in [-0.39, 0.29) is 0 Å². The smallest absolute Gasteiger partial charge is 0.119 e. The summed E-state index contributed by atoms with van der Waals surface area (Å²) in [7, 11) is 0. The van der Waals surface area contributed by atoms with Crippen molar-refractivity contribution in [2.24, 2.45) is 5.41 Å². The Bertz CT molecular complexity index is 417. The van der Waals surface area contributed by atoms with Crippen molar-refractivity contribution in [2.75, 3.05) is 32.8 Å². The van der Waals surface area contributed by atoms with Crippen LogP contribution in [0.2, 0.25) is 0 Å². The summed E-state index contributed by atoms with van der Waals surface area (Å²) in [6, 6.07) is 8.39. The Kier molecular flexibility index (Phi) is 5.44. The molecule has 0 radical (unpaired) electrons. The van der Waals surface area contributed by atoms with Gasteiger partial charge in [0.2, 0.25) is 0 Å². The van der Waals surface area contributed by atoms with Crippen LogP contribution in [0.3, 0.4) is 0 Å². The van der Waals surface area contributed by atoms with E-state index < -0.39 is 0 Å². The molecule has 20 heavy (non-hydrogen) atoms. The summed E-state index contributed by atoms with van der Waals surface area (Å²) < 4.78 is 5.89. The molecule has 0 aromatic heterocycles. The number of likely N-dealkylation sites (tertiary alicyclic amines) is 1. The minimum absolute atomic E-state index is 0.478. The van der Waals surface area contributed by atoms with Gasteiger partial charge in [-0.3, -0.25) is 4.90 Å². The van der Waals surface area contributed by atoms with Crippen molar-refractivity contribution in [1.29, 1.82) is 0 Å². The Morgan fingerprint density at radius 2 is 2.20 bits per heavy atom. The number of benzene rings is 1.